The summed E-state index contributed by atoms with van der Waals surface area (Å²) in [6.07, 6.45) is -0.134. The Morgan fingerprint density at radius 2 is 1.45 bits per heavy atom. The van der Waals surface area contributed by atoms with Gasteiger partial charge in [0, 0.05) is 13.0 Å². The van der Waals surface area contributed by atoms with Gasteiger partial charge in [-0.1, -0.05) is 6.42 Å². The van der Waals surface area contributed by atoms with E-state index in [0.717, 1.165) is 4.90 Å². The predicted molar refractivity (Wildman–Crippen MR) is 148 cm³/mol. The zero-order valence-corrected chi connectivity index (χ0v) is 24.0. The molecule has 5 atom stereocenters. The van der Waals surface area contributed by atoms with E-state index in [1.54, 1.807) is 0 Å². The Bertz CT molecular complexity index is 1070. The maximum Gasteiger partial charge on any atom is 0.322 e. The van der Waals surface area contributed by atoms with Crippen LogP contribution in [0.15, 0.2) is 0 Å². The van der Waals surface area contributed by atoms with E-state index in [4.69, 9.17) is 21.7 Å². The van der Waals surface area contributed by atoms with E-state index < -0.39 is 110 Å². The first-order chi connectivity index (χ1) is 20.7. The number of carbonyl (C=O) groups is 8. The summed E-state index contributed by atoms with van der Waals surface area (Å²) in [5.41, 5.74) is 11.3. The van der Waals surface area contributed by atoms with Gasteiger partial charge >= 0.3 is 17.9 Å². The molecule has 0 aromatic rings. The fourth-order valence-corrected chi connectivity index (χ4v) is 4.35. The van der Waals surface area contributed by atoms with Crippen LogP contribution in [0.1, 0.15) is 51.4 Å². The highest BCUT2D eigenvalue weighted by Gasteiger charge is 2.39. The highest BCUT2D eigenvalue weighted by molar-refractivity contribution is 5.97. The lowest BCUT2D eigenvalue weighted by molar-refractivity contribution is -0.144. The van der Waals surface area contributed by atoms with Crippen molar-refractivity contribution in [3.63, 3.8) is 0 Å². The number of unbranched alkanes of at least 4 members (excludes halogenated alkanes) is 1. The van der Waals surface area contributed by atoms with Crippen molar-refractivity contribution >= 4 is 47.4 Å². The lowest BCUT2D eigenvalue weighted by atomic mass is 10.1. The average Bonchev–Trinajstić information content (AvgIpc) is 3.45. The van der Waals surface area contributed by atoms with Crippen LogP contribution >= 0.6 is 0 Å². The maximum atomic E-state index is 13.2. The van der Waals surface area contributed by atoms with Crippen molar-refractivity contribution in [2.75, 3.05) is 26.2 Å². The number of nitrogens with zero attached hydrogens (tertiary/aromatic N) is 1. The number of aliphatic hydroxyl groups is 1. The quantitative estimate of drug-likeness (QED) is 0.0566. The number of hydrogen-bond acceptors (Lipinski definition) is 11. The lowest BCUT2D eigenvalue weighted by Gasteiger charge is -2.29. The first-order valence-electron chi connectivity index (χ1n) is 13.9. The van der Waals surface area contributed by atoms with Crippen LogP contribution in [0.5, 0.6) is 0 Å². The van der Waals surface area contributed by atoms with Crippen molar-refractivity contribution in [2.24, 2.45) is 11.5 Å². The molecule has 1 aliphatic rings. The molecule has 12 N–H and O–H groups in total. The van der Waals surface area contributed by atoms with E-state index in [0.29, 0.717) is 25.8 Å². The molecule has 5 amide bonds. The molecule has 19 nitrogen and oxygen atoms in total. The van der Waals surface area contributed by atoms with E-state index in [9.17, 15) is 48.6 Å². The Kier molecular flexibility index (Phi) is 16.3. The van der Waals surface area contributed by atoms with E-state index in [2.05, 4.69) is 16.0 Å². The van der Waals surface area contributed by atoms with Gasteiger partial charge in [0.1, 0.15) is 30.7 Å². The second-order valence-corrected chi connectivity index (χ2v) is 10.1. The Morgan fingerprint density at radius 1 is 0.795 bits per heavy atom. The molecule has 5 unspecified atom stereocenters. The second-order valence-electron chi connectivity index (χ2n) is 10.1. The van der Waals surface area contributed by atoms with Crippen LogP contribution in [-0.4, -0.2) is 129 Å². The van der Waals surface area contributed by atoms with Crippen molar-refractivity contribution in [3.05, 3.63) is 0 Å². The standard InChI is InChI=1S/C25H41N7O12/c26-8-2-1-4-13(27)21(40)31-16(12-33)25(44)32-9-3-5-17(32)24(43)30-15(10-19(36)37)23(42)29-14(6-7-18(34)35)22(41)28-11-20(38)39/h13-17,33H,1-12,26-27H2,(H,28,41)(H,29,42)(H,30,43)(H,31,40)(H,34,35)(H,36,37)(H,38,39). The summed E-state index contributed by atoms with van der Waals surface area (Å²) in [6.45, 7) is -1.19. The highest BCUT2D eigenvalue weighted by atomic mass is 16.4. The number of likely N-dealkylation sites (tertiary alicyclic amines) is 1. The minimum absolute atomic E-state index is 0.0443. The number of nitrogens with two attached hydrogens (primary N) is 2. The monoisotopic (exact) mass is 631 g/mol. The van der Waals surface area contributed by atoms with E-state index in [1.165, 1.54) is 0 Å². The summed E-state index contributed by atoms with van der Waals surface area (Å²) in [6, 6.07) is -6.98. The first-order valence-corrected chi connectivity index (χ1v) is 13.9. The molecule has 248 valence electrons. The van der Waals surface area contributed by atoms with Gasteiger partial charge in [0.05, 0.1) is 19.1 Å². The molecule has 1 heterocycles. The molecule has 44 heavy (non-hydrogen) atoms. The normalized spacial score (nSPS) is 17.0. The summed E-state index contributed by atoms with van der Waals surface area (Å²) in [5.74, 6) is -8.94. The number of carboxylic acid groups (broad SMARTS) is 3. The molecule has 0 aliphatic carbocycles. The molecule has 1 fully saturated rings. The minimum atomic E-state index is -1.78. The summed E-state index contributed by atoms with van der Waals surface area (Å²) in [4.78, 5) is 98.4. The lowest BCUT2D eigenvalue weighted by Crippen LogP contribution is -2.59. The second kappa shape index (κ2) is 19.0. The van der Waals surface area contributed by atoms with Crippen LogP contribution in [0.2, 0.25) is 0 Å². The van der Waals surface area contributed by atoms with Gasteiger partial charge < -0.3 is 58.1 Å². The van der Waals surface area contributed by atoms with Crippen LogP contribution in [0, 0.1) is 0 Å². The third-order valence-corrected chi connectivity index (χ3v) is 6.65. The predicted octanol–water partition coefficient (Wildman–Crippen LogP) is -4.58. The molecule has 0 aromatic heterocycles. The number of hydrogen-bond donors (Lipinski definition) is 10. The molecular weight excluding hydrogens is 590 g/mol. The van der Waals surface area contributed by atoms with Gasteiger partial charge in [0.2, 0.25) is 29.5 Å². The van der Waals surface area contributed by atoms with Gasteiger partial charge in [-0.05, 0) is 38.6 Å². The number of amides is 5. The zero-order valence-electron chi connectivity index (χ0n) is 24.0. The number of carboxylic acids is 3. The Hall–Kier alpha value is -4.36. The topological polar surface area (TPSA) is 321 Å². The van der Waals surface area contributed by atoms with Crippen LogP contribution in [0.3, 0.4) is 0 Å². The third kappa shape index (κ3) is 12.9. The molecule has 0 aromatic carbocycles. The van der Waals surface area contributed by atoms with Crippen LogP contribution < -0.4 is 32.7 Å². The molecule has 0 bridgehead atoms. The van der Waals surface area contributed by atoms with Gasteiger partial charge in [0.25, 0.3) is 0 Å². The fraction of sp³-hybridized carbons (Fsp3) is 0.680. The van der Waals surface area contributed by atoms with Crippen molar-refractivity contribution in [2.45, 2.75) is 81.6 Å². The molecule has 0 saturated carbocycles. The summed E-state index contributed by atoms with van der Waals surface area (Å²) >= 11 is 0. The van der Waals surface area contributed by atoms with Crippen LogP contribution in [-0.2, 0) is 38.4 Å². The van der Waals surface area contributed by atoms with Gasteiger partial charge in [0.15, 0.2) is 0 Å². The molecular formula is C25H41N7O12. The smallest absolute Gasteiger partial charge is 0.322 e. The van der Waals surface area contributed by atoms with E-state index >= 15 is 0 Å². The SMILES string of the molecule is NCCCCC(N)C(=O)NC(CO)C(=O)N1CCCC1C(=O)NC(CC(=O)O)C(=O)NC(CCC(=O)O)C(=O)NCC(=O)O. The average molecular weight is 632 g/mol. The number of aliphatic hydroxyl groups excluding tert-OH is 1. The largest absolute Gasteiger partial charge is 0.481 e. The Labute approximate surface area is 252 Å². The van der Waals surface area contributed by atoms with Gasteiger partial charge in [-0.3, -0.25) is 38.4 Å². The molecule has 1 rings (SSSR count). The van der Waals surface area contributed by atoms with Gasteiger partial charge in [-0.2, -0.15) is 0 Å². The van der Waals surface area contributed by atoms with Crippen molar-refractivity contribution in [1.82, 2.24) is 26.2 Å². The van der Waals surface area contributed by atoms with Crippen molar-refractivity contribution in [1.29, 1.82) is 0 Å². The maximum absolute atomic E-state index is 13.2. The summed E-state index contributed by atoms with van der Waals surface area (Å²) < 4.78 is 0. The minimum Gasteiger partial charge on any atom is -0.481 e. The van der Waals surface area contributed by atoms with Gasteiger partial charge in [-0.25, -0.2) is 0 Å². The number of aliphatic carboxylic acids is 3. The molecule has 19 heteroatoms. The number of nitrogens with one attached hydrogen (secondary N) is 4. The molecule has 0 spiro atoms. The fourth-order valence-electron chi connectivity index (χ4n) is 4.35. The van der Waals surface area contributed by atoms with Gasteiger partial charge in [-0.15, -0.1) is 0 Å². The van der Waals surface area contributed by atoms with E-state index in [1.807, 2.05) is 5.32 Å². The first kappa shape index (κ1) is 37.7. The Morgan fingerprint density at radius 3 is 2.02 bits per heavy atom. The van der Waals surface area contributed by atoms with Crippen molar-refractivity contribution in [3.8, 4) is 0 Å². The number of carbonyl (C=O) groups excluding carboxylic acids is 5. The molecule has 1 saturated heterocycles. The summed E-state index contributed by atoms with van der Waals surface area (Å²) in [7, 11) is 0. The third-order valence-electron chi connectivity index (χ3n) is 6.65. The van der Waals surface area contributed by atoms with Crippen LogP contribution in [0.4, 0.5) is 0 Å². The summed E-state index contributed by atoms with van der Waals surface area (Å²) in [5, 5.41) is 45.5. The molecule has 0 radical (unpaired) electrons. The number of rotatable bonds is 20. The molecule has 1 aliphatic heterocycles. The zero-order chi connectivity index (χ0) is 33.4. The van der Waals surface area contributed by atoms with Crippen molar-refractivity contribution < 1.29 is 58.8 Å². The van der Waals surface area contributed by atoms with E-state index in [-0.39, 0.29) is 19.4 Å². The Balaban J connectivity index is 3.01. The van der Waals surface area contributed by atoms with Crippen LogP contribution in [0.25, 0.3) is 0 Å². The highest BCUT2D eigenvalue weighted by Crippen LogP contribution is 2.19.